The summed E-state index contributed by atoms with van der Waals surface area (Å²) in [6, 6.07) is 3.18. The van der Waals surface area contributed by atoms with Gasteiger partial charge in [0, 0.05) is 66.1 Å². The SMILES string of the molecule is COC(=O)C1=C(CN2CCN3C(=O)N(C45CC(CC(=O)O)(C4)C5)C[C@@H]3C2)NC(c2nccs2)=N[C@H]1c1ccc(F)cc1Cl. The first-order valence-electron chi connectivity index (χ1n) is 14.1. The van der Waals surface area contributed by atoms with Crippen LogP contribution in [0.3, 0.4) is 0 Å². The van der Waals surface area contributed by atoms with Crippen LogP contribution in [0.5, 0.6) is 0 Å². The molecule has 6 aliphatic rings. The second kappa shape index (κ2) is 10.3. The van der Waals surface area contributed by atoms with E-state index < -0.39 is 23.8 Å². The number of aliphatic imine (C=N–C) groups is 1. The van der Waals surface area contributed by atoms with Crippen molar-refractivity contribution in [3.63, 3.8) is 0 Å². The van der Waals surface area contributed by atoms with Gasteiger partial charge in [0.05, 0.1) is 25.1 Å². The van der Waals surface area contributed by atoms with E-state index in [9.17, 15) is 23.9 Å². The second-order valence-electron chi connectivity index (χ2n) is 12.2. The summed E-state index contributed by atoms with van der Waals surface area (Å²) in [6.45, 7) is 2.68. The van der Waals surface area contributed by atoms with E-state index in [0.717, 1.165) is 19.3 Å². The Hall–Kier alpha value is -3.55. The lowest BCUT2D eigenvalue weighted by Gasteiger charge is -2.73. The van der Waals surface area contributed by atoms with Crippen molar-refractivity contribution in [2.24, 2.45) is 10.4 Å². The van der Waals surface area contributed by atoms with Crippen molar-refractivity contribution in [2.75, 3.05) is 39.8 Å². The minimum absolute atomic E-state index is 0.0223. The largest absolute Gasteiger partial charge is 0.481 e. The third kappa shape index (κ3) is 4.68. The number of aromatic nitrogens is 1. The van der Waals surface area contributed by atoms with Crippen molar-refractivity contribution in [1.82, 2.24) is 25.0 Å². The zero-order valence-corrected chi connectivity index (χ0v) is 25.0. The number of carboxylic acid groups (broad SMARTS) is 1. The van der Waals surface area contributed by atoms with E-state index in [1.807, 2.05) is 15.2 Å². The highest BCUT2D eigenvalue weighted by molar-refractivity contribution is 7.11. The van der Waals surface area contributed by atoms with Crippen molar-refractivity contribution in [1.29, 1.82) is 0 Å². The van der Waals surface area contributed by atoms with Crippen molar-refractivity contribution in [3.8, 4) is 0 Å². The molecule has 3 aliphatic heterocycles. The summed E-state index contributed by atoms with van der Waals surface area (Å²) >= 11 is 7.86. The van der Waals surface area contributed by atoms with E-state index in [0.29, 0.717) is 54.8 Å². The molecule has 11 nitrogen and oxygen atoms in total. The van der Waals surface area contributed by atoms with Gasteiger partial charge in [-0.1, -0.05) is 17.7 Å². The van der Waals surface area contributed by atoms with Gasteiger partial charge in [0.2, 0.25) is 0 Å². The molecular weight excluding hydrogens is 599 g/mol. The number of fused-ring (bicyclic) bond motifs is 1. The minimum atomic E-state index is -0.844. The van der Waals surface area contributed by atoms with Crippen molar-refractivity contribution >= 4 is 46.7 Å². The fraction of sp³-hybridized carbons (Fsp3) is 0.483. The molecule has 2 atom stereocenters. The fourth-order valence-electron chi connectivity index (χ4n) is 7.74. The molecule has 14 heteroatoms. The van der Waals surface area contributed by atoms with Gasteiger partial charge in [0.1, 0.15) is 11.9 Å². The summed E-state index contributed by atoms with van der Waals surface area (Å²) in [7, 11) is 1.30. The predicted molar refractivity (Wildman–Crippen MR) is 155 cm³/mol. The average molecular weight is 629 g/mol. The molecule has 0 spiro atoms. The fourth-order valence-corrected chi connectivity index (χ4v) is 8.60. The van der Waals surface area contributed by atoms with Crippen molar-refractivity contribution < 1.29 is 28.6 Å². The van der Waals surface area contributed by atoms with E-state index in [1.54, 1.807) is 6.20 Å². The highest BCUT2D eigenvalue weighted by Crippen LogP contribution is 2.72. The molecular formula is C29H30ClFN6O5S. The number of nitrogens with zero attached hydrogens (tertiary/aromatic N) is 5. The van der Waals surface area contributed by atoms with Gasteiger partial charge < -0.3 is 25.0 Å². The molecule has 3 saturated carbocycles. The number of carboxylic acids is 1. The first-order valence-corrected chi connectivity index (χ1v) is 15.4. The summed E-state index contributed by atoms with van der Waals surface area (Å²) in [5.41, 5.74) is 0.979. The zero-order valence-electron chi connectivity index (χ0n) is 23.4. The van der Waals surface area contributed by atoms with E-state index >= 15 is 0 Å². The number of thiazole rings is 1. The summed E-state index contributed by atoms with van der Waals surface area (Å²) < 4.78 is 19.1. The standard InChI is InChI=1S/C29H30ClFN6O5S/c1-42-26(40)22-20(33-24(25-32-4-7-43-25)34-23(22)18-3-2-16(31)8-19(18)30)12-35-5-6-36-17(10-35)11-37(27(36)41)29-13-28(14-29,15-29)9-21(38)39/h2-4,7-8,17,23H,5-6,9-15H2,1H3,(H,33,34)(H,38,39)/t17-,23-,28?,29?/m0/s1. The van der Waals surface area contributed by atoms with Crippen molar-refractivity contribution in [3.05, 3.63) is 62.5 Å². The Morgan fingerprint density at radius 3 is 2.72 bits per heavy atom. The second-order valence-corrected chi connectivity index (χ2v) is 13.5. The molecule has 2 bridgehead atoms. The molecule has 3 aliphatic carbocycles. The third-order valence-corrected chi connectivity index (χ3v) is 10.6. The van der Waals surface area contributed by atoms with Crippen LogP contribution in [0.2, 0.25) is 5.02 Å². The molecule has 5 fully saturated rings. The van der Waals surface area contributed by atoms with Gasteiger partial charge in [-0.25, -0.2) is 19.0 Å². The highest BCUT2D eigenvalue weighted by atomic mass is 35.5. The molecule has 226 valence electrons. The Balaban J connectivity index is 1.14. The Labute approximate surface area is 256 Å². The Morgan fingerprint density at radius 2 is 2.05 bits per heavy atom. The Morgan fingerprint density at radius 1 is 1.26 bits per heavy atom. The summed E-state index contributed by atoms with van der Waals surface area (Å²) in [6.07, 6.45) is 4.11. The lowest BCUT2D eigenvalue weighted by molar-refractivity contribution is -0.208. The molecule has 0 radical (unpaired) electrons. The zero-order chi connectivity index (χ0) is 30.1. The Kier molecular flexibility index (Phi) is 6.75. The number of halogens is 2. The van der Waals surface area contributed by atoms with Gasteiger partial charge in [0.25, 0.3) is 0 Å². The lowest BCUT2D eigenvalue weighted by atomic mass is 9.38. The first kappa shape index (κ1) is 28.2. The number of hydrogen-bond donors (Lipinski definition) is 2. The van der Waals surface area contributed by atoms with Crippen LogP contribution in [-0.2, 0) is 14.3 Å². The maximum absolute atomic E-state index is 13.9. The van der Waals surface area contributed by atoms with Crippen LogP contribution < -0.4 is 5.32 Å². The smallest absolute Gasteiger partial charge is 0.338 e. The highest BCUT2D eigenvalue weighted by Gasteiger charge is 2.72. The van der Waals surface area contributed by atoms with E-state index in [2.05, 4.69) is 15.2 Å². The number of amides is 2. The van der Waals surface area contributed by atoms with Gasteiger partial charge in [-0.2, -0.15) is 0 Å². The minimum Gasteiger partial charge on any atom is -0.481 e. The molecule has 43 heavy (non-hydrogen) atoms. The summed E-state index contributed by atoms with van der Waals surface area (Å²) in [5.74, 6) is -1.37. The summed E-state index contributed by atoms with van der Waals surface area (Å²) in [4.78, 5) is 53.2. The van der Waals surface area contributed by atoms with E-state index in [-0.39, 0.29) is 40.0 Å². The Bertz CT molecular complexity index is 1560. The number of benzene rings is 1. The molecule has 4 heterocycles. The molecule has 2 saturated heterocycles. The van der Waals surface area contributed by atoms with Crippen LogP contribution in [0.25, 0.3) is 0 Å². The van der Waals surface area contributed by atoms with Crippen LogP contribution >= 0.6 is 22.9 Å². The number of rotatable bonds is 8. The maximum atomic E-state index is 13.9. The van der Waals surface area contributed by atoms with E-state index in [4.69, 9.17) is 21.3 Å². The average Bonchev–Trinajstić information content (AvgIpc) is 3.58. The van der Waals surface area contributed by atoms with Gasteiger partial charge >= 0.3 is 18.0 Å². The van der Waals surface area contributed by atoms with Crippen LogP contribution in [0, 0.1) is 11.2 Å². The number of amidine groups is 1. The number of urea groups is 1. The molecule has 2 aromatic rings. The number of nitrogens with one attached hydrogen (secondary N) is 1. The molecule has 2 N–H and O–H groups in total. The summed E-state index contributed by atoms with van der Waals surface area (Å²) in [5, 5.41) is 15.2. The number of carbonyl (C=O) groups is 3. The van der Waals surface area contributed by atoms with Gasteiger partial charge in [-0.05, 0) is 36.8 Å². The predicted octanol–water partition coefficient (Wildman–Crippen LogP) is 3.27. The number of aliphatic carboxylic acids is 1. The van der Waals surface area contributed by atoms with E-state index in [1.165, 1.54) is 36.6 Å². The number of carbonyl (C=O) groups excluding carboxylic acids is 2. The first-order chi connectivity index (χ1) is 20.6. The number of hydrogen-bond acceptors (Lipinski definition) is 9. The topological polar surface area (TPSA) is 128 Å². The quantitative estimate of drug-likeness (QED) is 0.427. The van der Waals surface area contributed by atoms with Crippen molar-refractivity contribution in [2.45, 2.75) is 43.3 Å². The molecule has 0 unspecified atom stereocenters. The molecule has 1 aromatic heterocycles. The molecule has 2 amide bonds. The van der Waals surface area contributed by atoms with Crippen LogP contribution in [0.1, 0.15) is 42.3 Å². The van der Waals surface area contributed by atoms with Crippen LogP contribution in [-0.4, -0.2) is 100 Å². The maximum Gasteiger partial charge on any atom is 0.338 e. The van der Waals surface area contributed by atoms with Gasteiger partial charge in [-0.15, -0.1) is 11.3 Å². The number of methoxy groups -OCH3 is 1. The van der Waals surface area contributed by atoms with Gasteiger partial charge in [-0.3, -0.25) is 14.7 Å². The normalized spacial score (nSPS) is 29.8. The number of piperazine rings is 1. The molecule has 1 aromatic carbocycles. The van der Waals surface area contributed by atoms with Crippen LogP contribution in [0.4, 0.5) is 9.18 Å². The monoisotopic (exact) mass is 628 g/mol. The van der Waals surface area contributed by atoms with Crippen LogP contribution in [0.15, 0.2) is 46.0 Å². The van der Waals surface area contributed by atoms with Gasteiger partial charge in [0.15, 0.2) is 10.8 Å². The number of esters is 1. The third-order valence-electron chi connectivity index (χ3n) is 9.45. The lowest BCUT2D eigenvalue weighted by Crippen LogP contribution is -2.75. The number of ether oxygens (including phenoxy) is 1. The molecule has 8 rings (SSSR count).